The summed E-state index contributed by atoms with van der Waals surface area (Å²) in [5.74, 6) is -0.0495. The van der Waals surface area contributed by atoms with Crippen LogP contribution in [0.4, 0.5) is 0 Å². The molecule has 4 aromatic rings. The van der Waals surface area contributed by atoms with Crippen molar-refractivity contribution in [3.05, 3.63) is 83.5 Å². The van der Waals surface area contributed by atoms with E-state index in [0.29, 0.717) is 12.1 Å². The molecule has 0 atom stereocenters. The Kier molecular flexibility index (Phi) is 4.31. The van der Waals surface area contributed by atoms with Crippen molar-refractivity contribution in [2.45, 2.75) is 6.42 Å². The molecule has 0 fully saturated rings. The van der Waals surface area contributed by atoms with Gasteiger partial charge >= 0.3 is 0 Å². The number of hydrogen-bond donors (Lipinski definition) is 1. The monoisotopic (exact) mass is 347 g/mol. The fraction of sp³-hybridized carbons (Fsp3) is 0.100. The van der Waals surface area contributed by atoms with E-state index in [1.54, 1.807) is 22.2 Å². The van der Waals surface area contributed by atoms with Crippen LogP contribution in [0.5, 0.6) is 0 Å². The highest BCUT2D eigenvalue weighted by molar-refractivity contribution is 7.17. The number of rotatable bonds is 5. The minimum Gasteiger partial charge on any atom is -0.352 e. The number of benzene rings is 2. The van der Waals surface area contributed by atoms with Crippen molar-refractivity contribution in [2.24, 2.45) is 0 Å². The molecule has 0 aliphatic carbocycles. The molecule has 4 rings (SSSR count). The molecule has 0 aliphatic rings. The summed E-state index contributed by atoms with van der Waals surface area (Å²) in [7, 11) is 0. The van der Waals surface area contributed by atoms with E-state index in [0.717, 1.165) is 12.1 Å². The van der Waals surface area contributed by atoms with Crippen LogP contribution in [0.25, 0.3) is 15.8 Å². The third-order valence-electron chi connectivity index (χ3n) is 4.14. The van der Waals surface area contributed by atoms with Crippen molar-refractivity contribution in [3.63, 3.8) is 0 Å². The molecule has 1 N–H and O–H groups in total. The molecule has 2 aromatic carbocycles. The molecule has 0 saturated heterocycles. The summed E-state index contributed by atoms with van der Waals surface area (Å²) >= 11 is 1.75. The van der Waals surface area contributed by atoms with Gasteiger partial charge in [-0.1, -0.05) is 18.2 Å². The maximum absolute atomic E-state index is 12.3. The smallest absolute Gasteiger partial charge is 0.251 e. The Balaban J connectivity index is 1.37. The van der Waals surface area contributed by atoms with Crippen LogP contribution in [0.3, 0.4) is 0 Å². The van der Waals surface area contributed by atoms with Crippen molar-refractivity contribution in [3.8, 4) is 5.69 Å². The highest BCUT2D eigenvalue weighted by Gasteiger charge is 2.07. The van der Waals surface area contributed by atoms with Crippen LogP contribution in [0, 0.1) is 0 Å². The first-order valence-electron chi connectivity index (χ1n) is 8.15. The van der Waals surface area contributed by atoms with Crippen molar-refractivity contribution in [1.29, 1.82) is 0 Å². The Hall–Kier alpha value is -2.92. The summed E-state index contributed by atoms with van der Waals surface area (Å²) in [5, 5.41) is 10.6. The predicted molar refractivity (Wildman–Crippen MR) is 101 cm³/mol. The van der Waals surface area contributed by atoms with Gasteiger partial charge in [-0.25, -0.2) is 4.68 Å². The number of nitrogens with zero attached hydrogens (tertiary/aromatic N) is 2. The Morgan fingerprint density at radius 3 is 2.72 bits per heavy atom. The molecule has 0 unspecified atom stereocenters. The molecule has 5 heteroatoms. The van der Waals surface area contributed by atoms with Gasteiger partial charge in [0.1, 0.15) is 0 Å². The molecular weight excluding hydrogens is 330 g/mol. The zero-order valence-electron chi connectivity index (χ0n) is 13.6. The third kappa shape index (κ3) is 3.32. The fourth-order valence-corrected chi connectivity index (χ4v) is 3.82. The lowest BCUT2D eigenvalue weighted by molar-refractivity contribution is 0.0954. The van der Waals surface area contributed by atoms with Crippen LogP contribution < -0.4 is 5.32 Å². The molecule has 124 valence electrons. The molecule has 0 saturated carbocycles. The normalized spacial score (nSPS) is 10.9. The molecule has 0 aliphatic heterocycles. The maximum atomic E-state index is 12.3. The number of carbonyl (C=O) groups excluding carboxylic acids is 1. The van der Waals surface area contributed by atoms with E-state index in [4.69, 9.17) is 0 Å². The first-order valence-corrected chi connectivity index (χ1v) is 9.02. The minimum atomic E-state index is -0.0495. The summed E-state index contributed by atoms with van der Waals surface area (Å²) in [5.41, 5.74) is 2.88. The number of aromatic nitrogens is 2. The number of carbonyl (C=O) groups is 1. The summed E-state index contributed by atoms with van der Waals surface area (Å²) < 4.78 is 3.06. The van der Waals surface area contributed by atoms with Gasteiger partial charge in [-0.2, -0.15) is 5.10 Å². The van der Waals surface area contributed by atoms with E-state index in [2.05, 4.69) is 40.1 Å². The molecule has 0 bridgehead atoms. The minimum absolute atomic E-state index is 0.0495. The largest absolute Gasteiger partial charge is 0.352 e. The van der Waals surface area contributed by atoms with Gasteiger partial charge in [0.25, 0.3) is 5.91 Å². The van der Waals surface area contributed by atoms with Crippen molar-refractivity contribution < 1.29 is 4.79 Å². The second kappa shape index (κ2) is 6.91. The van der Waals surface area contributed by atoms with Crippen molar-refractivity contribution >= 4 is 27.3 Å². The lowest BCUT2D eigenvalue weighted by atomic mass is 10.1. The third-order valence-corrected chi connectivity index (χ3v) is 5.15. The molecule has 2 heterocycles. The van der Waals surface area contributed by atoms with E-state index in [9.17, 15) is 4.79 Å². The average molecular weight is 347 g/mol. The molecular formula is C20H17N3OS. The fourth-order valence-electron chi connectivity index (χ4n) is 2.83. The quantitative estimate of drug-likeness (QED) is 0.592. The summed E-state index contributed by atoms with van der Waals surface area (Å²) in [6.07, 6.45) is 4.44. The van der Waals surface area contributed by atoms with E-state index in [1.807, 2.05) is 36.5 Å². The van der Waals surface area contributed by atoms with E-state index in [-0.39, 0.29) is 5.91 Å². The zero-order chi connectivity index (χ0) is 17.1. The molecule has 25 heavy (non-hydrogen) atoms. The first kappa shape index (κ1) is 15.6. The SMILES string of the molecule is O=C(NCCc1csc2ccccc12)c1ccc(-n2cccn2)cc1. The van der Waals surface area contributed by atoms with Gasteiger partial charge in [0.15, 0.2) is 0 Å². The van der Waals surface area contributed by atoms with Crippen LogP contribution in [0.1, 0.15) is 15.9 Å². The number of amides is 1. The van der Waals surface area contributed by atoms with Crippen molar-refractivity contribution in [2.75, 3.05) is 6.54 Å². The van der Waals surface area contributed by atoms with Crippen LogP contribution in [0.15, 0.2) is 72.4 Å². The summed E-state index contributed by atoms with van der Waals surface area (Å²) in [6, 6.07) is 17.7. The van der Waals surface area contributed by atoms with Crippen LogP contribution in [0.2, 0.25) is 0 Å². The lowest BCUT2D eigenvalue weighted by Crippen LogP contribution is -2.25. The first-order chi connectivity index (χ1) is 12.3. The predicted octanol–water partition coefficient (Wildman–Crippen LogP) is 4.06. The summed E-state index contributed by atoms with van der Waals surface area (Å²) in [4.78, 5) is 12.3. The maximum Gasteiger partial charge on any atom is 0.251 e. The number of hydrogen-bond acceptors (Lipinski definition) is 3. The van der Waals surface area contributed by atoms with Gasteiger partial charge in [0.2, 0.25) is 0 Å². The second-order valence-corrected chi connectivity index (χ2v) is 6.67. The molecule has 0 radical (unpaired) electrons. The van der Waals surface area contributed by atoms with Gasteiger partial charge in [-0.05, 0) is 59.1 Å². The van der Waals surface area contributed by atoms with Crippen molar-refractivity contribution in [1.82, 2.24) is 15.1 Å². The number of fused-ring (bicyclic) bond motifs is 1. The van der Waals surface area contributed by atoms with Gasteiger partial charge < -0.3 is 5.32 Å². The Morgan fingerprint density at radius 2 is 1.92 bits per heavy atom. The Morgan fingerprint density at radius 1 is 1.08 bits per heavy atom. The van der Waals surface area contributed by atoms with Crippen LogP contribution in [-0.2, 0) is 6.42 Å². The summed E-state index contributed by atoms with van der Waals surface area (Å²) in [6.45, 7) is 0.625. The number of thiophene rings is 1. The Labute approximate surface area is 149 Å². The highest BCUT2D eigenvalue weighted by Crippen LogP contribution is 2.25. The number of nitrogens with one attached hydrogen (secondary N) is 1. The highest BCUT2D eigenvalue weighted by atomic mass is 32.1. The molecule has 2 aromatic heterocycles. The van der Waals surface area contributed by atoms with E-state index in [1.165, 1.54) is 15.6 Å². The Bertz CT molecular complexity index is 987. The van der Waals surface area contributed by atoms with Gasteiger partial charge in [-0.15, -0.1) is 11.3 Å². The lowest BCUT2D eigenvalue weighted by Gasteiger charge is -2.06. The van der Waals surface area contributed by atoms with Gasteiger partial charge in [-0.3, -0.25) is 4.79 Å². The zero-order valence-corrected chi connectivity index (χ0v) is 14.4. The van der Waals surface area contributed by atoms with E-state index < -0.39 is 0 Å². The van der Waals surface area contributed by atoms with E-state index >= 15 is 0 Å². The van der Waals surface area contributed by atoms with Gasteiger partial charge in [0.05, 0.1) is 5.69 Å². The molecule has 4 nitrogen and oxygen atoms in total. The van der Waals surface area contributed by atoms with Crippen LogP contribution >= 0.6 is 11.3 Å². The van der Waals surface area contributed by atoms with Crippen LogP contribution in [-0.4, -0.2) is 22.2 Å². The molecule has 0 spiro atoms. The second-order valence-electron chi connectivity index (χ2n) is 5.76. The van der Waals surface area contributed by atoms with Gasteiger partial charge in [0, 0.05) is 29.2 Å². The standard InChI is InChI=1S/C20H17N3OS/c24-20(15-6-8-17(9-7-15)23-13-3-11-22-23)21-12-10-16-14-25-19-5-2-1-4-18(16)19/h1-9,11,13-14H,10,12H2,(H,21,24). The molecule has 1 amide bonds. The topological polar surface area (TPSA) is 46.9 Å². The average Bonchev–Trinajstić information content (AvgIpc) is 3.32.